The van der Waals surface area contributed by atoms with Gasteiger partial charge in [-0.15, -0.1) is 11.3 Å². The first kappa shape index (κ1) is 19.4. The number of halogens is 2. The van der Waals surface area contributed by atoms with Crippen LogP contribution in [0.4, 0.5) is 17.2 Å². The van der Waals surface area contributed by atoms with Crippen LogP contribution in [0, 0.1) is 6.92 Å². The number of anilines is 3. The molecule has 0 radical (unpaired) electrons. The van der Waals surface area contributed by atoms with E-state index in [-0.39, 0.29) is 5.91 Å². The molecule has 0 bridgehead atoms. The number of benzene rings is 1. The van der Waals surface area contributed by atoms with Crippen LogP contribution >= 0.6 is 34.5 Å². The van der Waals surface area contributed by atoms with E-state index in [2.05, 4.69) is 25.7 Å². The third kappa shape index (κ3) is 4.56. The second-order valence-corrected chi connectivity index (χ2v) is 8.29. The Hall–Kier alpha value is -2.94. The van der Waals surface area contributed by atoms with Gasteiger partial charge in [0.1, 0.15) is 16.0 Å². The molecule has 1 aromatic carbocycles. The lowest BCUT2D eigenvalue weighted by Crippen LogP contribution is -2.11. The van der Waals surface area contributed by atoms with Crippen molar-refractivity contribution in [1.29, 1.82) is 0 Å². The predicted octanol–water partition coefficient (Wildman–Crippen LogP) is 5.33. The normalized spacial score (nSPS) is 10.7. The van der Waals surface area contributed by atoms with E-state index in [0.29, 0.717) is 37.4 Å². The largest absolute Gasteiger partial charge is 0.340 e. The molecule has 146 valence electrons. The third-order valence-electron chi connectivity index (χ3n) is 3.88. The fourth-order valence-electron chi connectivity index (χ4n) is 2.62. The lowest BCUT2D eigenvalue weighted by Gasteiger charge is -2.10. The number of amides is 1. The van der Waals surface area contributed by atoms with Crippen molar-refractivity contribution in [3.05, 3.63) is 74.9 Å². The first-order valence-electron chi connectivity index (χ1n) is 8.47. The molecule has 10 heteroatoms. The smallest absolute Gasteiger partial charge is 0.258 e. The first-order chi connectivity index (χ1) is 14.0. The molecule has 0 unspecified atom stereocenters. The Morgan fingerprint density at radius 2 is 1.86 bits per heavy atom. The van der Waals surface area contributed by atoms with E-state index in [1.165, 1.54) is 0 Å². The summed E-state index contributed by atoms with van der Waals surface area (Å²) in [5, 5.41) is 10.2. The number of nitrogens with one attached hydrogen (secondary N) is 2. The fraction of sp³-hybridized carbons (Fsp3) is 0.0526. The van der Waals surface area contributed by atoms with Crippen molar-refractivity contribution in [3.63, 3.8) is 0 Å². The number of carbonyl (C=O) groups is 1. The van der Waals surface area contributed by atoms with E-state index in [4.69, 9.17) is 23.2 Å². The van der Waals surface area contributed by atoms with Crippen LogP contribution in [-0.4, -0.2) is 25.7 Å². The van der Waals surface area contributed by atoms with Gasteiger partial charge in [0, 0.05) is 29.8 Å². The van der Waals surface area contributed by atoms with E-state index in [0.717, 1.165) is 17.0 Å². The van der Waals surface area contributed by atoms with Gasteiger partial charge in [-0.25, -0.2) is 14.6 Å². The number of nitrogens with zero attached hydrogens (tertiary/aromatic N) is 4. The summed E-state index contributed by atoms with van der Waals surface area (Å²) in [5.74, 6) is 1.62. The van der Waals surface area contributed by atoms with E-state index in [9.17, 15) is 4.79 Å². The van der Waals surface area contributed by atoms with Gasteiger partial charge < -0.3 is 10.6 Å². The van der Waals surface area contributed by atoms with E-state index in [1.54, 1.807) is 35.1 Å². The highest BCUT2D eigenvalue weighted by Gasteiger charge is 2.14. The van der Waals surface area contributed by atoms with Gasteiger partial charge in [-0.1, -0.05) is 23.2 Å². The second kappa shape index (κ2) is 8.20. The molecule has 0 aliphatic carbocycles. The number of carbonyl (C=O) groups excluding carboxylic acids is 1. The summed E-state index contributed by atoms with van der Waals surface area (Å²) < 4.78 is 2.49. The molecule has 2 N–H and O–H groups in total. The summed E-state index contributed by atoms with van der Waals surface area (Å²) in [4.78, 5) is 21.1. The second-order valence-electron chi connectivity index (χ2n) is 6.00. The molecule has 0 aliphatic rings. The Morgan fingerprint density at radius 1 is 1.10 bits per heavy atom. The highest BCUT2D eigenvalue weighted by atomic mass is 35.5. The first-order valence-corrected chi connectivity index (χ1v) is 10.0. The van der Waals surface area contributed by atoms with Gasteiger partial charge in [0.25, 0.3) is 5.91 Å². The Balaban J connectivity index is 1.47. The Labute approximate surface area is 180 Å². The van der Waals surface area contributed by atoms with Gasteiger partial charge >= 0.3 is 0 Å². The number of rotatable bonds is 5. The molecule has 3 heterocycles. The molecule has 0 saturated heterocycles. The third-order valence-corrected chi connectivity index (χ3v) is 5.37. The molecule has 7 nitrogen and oxygen atoms in total. The maximum absolute atomic E-state index is 12.3. The van der Waals surface area contributed by atoms with Crippen molar-refractivity contribution in [3.8, 4) is 5.82 Å². The van der Waals surface area contributed by atoms with Gasteiger partial charge in [-0.05, 0) is 43.3 Å². The average Bonchev–Trinajstić information content (AvgIpc) is 3.32. The molecule has 0 atom stereocenters. The predicted molar refractivity (Wildman–Crippen MR) is 116 cm³/mol. The minimum Gasteiger partial charge on any atom is -0.340 e. The number of aromatic nitrogens is 4. The van der Waals surface area contributed by atoms with E-state index < -0.39 is 0 Å². The topological polar surface area (TPSA) is 84.7 Å². The summed E-state index contributed by atoms with van der Waals surface area (Å²) >= 11 is 13.1. The van der Waals surface area contributed by atoms with E-state index in [1.807, 2.05) is 31.3 Å². The zero-order valence-corrected chi connectivity index (χ0v) is 17.4. The van der Waals surface area contributed by atoms with Crippen molar-refractivity contribution >= 4 is 57.6 Å². The highest BCUT2D eigenvalue weighted by molar-refractivity contribution is 7.20. The van der Waals surface area contributed by atoms with Crippen LogP contribution in [0.3, 0.4) is 0 Å². The number of hydrogen-bond donors (Lipinski definition) is 2. The monoisotopic (exact) mass is 444 g/mol. The molecule has 0 aliphatic heterocycles. The zero-order chi connectivity index (χ0) is 20.4. The Bertz CT molecular complexity index is 1160. The standard InChI is InChI=1S/C19H14Cl2N6OS/c1-11-23-16(10-17(24-11)27-8-2-7-22-27)25-12-3-5-13(6-4-12)26-19(28)14-9-15(20)29-18(14)21/h2-10H,1H3,(H,26,28)(H,23,24,25). The summed E-state index contributed by atoms with van der Waals surface area (Å²) in [6, 6.07) is 12.4. The molecule has 0 saturated carbocycles. The van der Waals surface area contributed by atoms with Crippen molar-refractivity contribution in [1.82, 2.24) is 19.7 Å². The number of hydrogen-bond acceptors (Lipinski definition) is 6. The minimum absolute atomic E-state index is 0.311. The average molecular weight is 445 g/mol. The van der Waals surface area contributed by atoms with Crippen LogP contribution < -0.4 is 10.6 Å². The molecular formula is C19H14Cl2N6OS. The minimum atomic E-state index is -0.311. The lowest BCUT2D eigenvalue weighted by molar-refractivity contribution is 0.102. The van der Waals surface area contributed by atoms with Gasteiger partial charge in [0.2, 0.25) is 0 Å². The van der Waals surface area contributed by atoms with Crippen LogP contribution in [0.1, 0.15) is 16.2 Å². The summed E-state index contributed by atoms with van der Waals surface area (Å²) in [6.07, 6.45) is 3.50. The molecule has 3 aromatic heterocycles. The SMILES string of the molecule is Cc1nc(Nc2ccc(NC(=O)c3cc(Cl)sc3Cl)cc2)cc(-n2cccn2)n1. The number of thiophene rings is 1. The van der Waals surface area contributed by atoms with Crippen LogP contribution in [0.15, 0.2) is 54.9 Å². The highest BCUT2D eigenvalue weighted by Crippen LogP contribution is 2.31. The molecule has 4 aromatic rings. The van der Waals surface area contributed by atoms with Gasteiger partial charge in [0.05, 0.1) is 9.90 Å². The van der Waals surface area contributed by atoms with Gasteiger partial charge in [-0.2, -0.15) is 5.10 Å². The van der Waals surface area contributed by atoms with Crippen molar-refractivity contribution < 1.29 is 4.79 Å². The summed E-state index contributed by atoms with van der Waals surface area (Å²) in [5.41, 5.74) is 1.80. The van der Waals surface area contributed by atoms with Crippen LogP contribution in [-0.2, 0) is 0 Å². The van der Waals surface area contributed by atoms with Gasteiger partial charge in [-0.3, -0.25) is 4.79 Å². The summed E-state index contributed by atoms with van der Waals surface area (Å²) in [7, 11) is 0. The quantitative estimate of drug-likeness (QED) is 0.434. The van der Waals surface area contributed by atoms with E-state index >= 15 is 0 Å². The maximum atomic E-state index is 12.3. The van der Waals surface area contributed by atoms with Crippen molar-refractivity contribution in [2.45, 2.75) is 6.92 Å². The molecule has 0 fully saturated rings. The Kier molecular flexibility index (Phi) is 5.48. The molecule has 4 rings (SSSR count). The van der Waals surface area contributed by atoms with Crippen molar-refractivity contribution in [2.75, 3.05) is 10.6 Å². The molecular weight excluding hydrogens is 431 g/mol. The maximum Gasteiger partial charge on any atom is 0.258 e. The number of aryl methyl sites for hydroxylation is 1. The van der Waals surface area contributed by atoms with Crippen LogP contribution in [0.25, 0.3) is 5.82 Å². The zero-order valence-electron chi connectivity index (χ0n) is 15.1. The van der Waals surface area contributed by atoms with Crippen LogP contribution in [0.5, 0.6) is 0 Å². The molecule has 0 spiro atoms. The molecule has 29 heavy (non-hydrogen) atoms. The van der Waals surface area contributed by atoms with Gasteiger partial charge in [0.15, 0.2) is 5.82 Å². The fourth-order valence-corrected chi connectivity index (χ4v) is 4.07. The molecule has 1 amide bonds. The van der Waals surface area contributed by atoms with Crippen LogP contribution in [0.2, 0.25) is 8.67 Å². The van der Waals surface area contributed by atoms with Crippen molar-refractivity contribution in [2.24, 2.45) is 0 Å². The lowest BCUT2D eigenvalue weighted by atomic mass is 10.2. The summed E-state index contributed by atoms with van der Waals surface area (Å²) in [6.45, 7) is 1.82. The Morgan fingerprint density at radius 3 is 2.52 bits per heavy atom.